The number of non-ortho nitro benzene ring substituents is 1. The molecule has 2 aromatic carbocycles. The number of nitro benzene ring substituents is 1. The average Bonchev–Trinajstić information content (AvgIpc) is 2.96. The summed E-state index contributed by atoms with van der Waals surface area (Å²) in [6.07, 6.45) is 1.66. The molecule has 1 heterocycles. The SMILES string of the molecule is Cn1cc(C(=O)NCc2ccc(C#N)cc2)c2ccc([N+](=O)[O-])cc21. The van der Waals surface area contributed by atoms with Crippen LogP contribution in [0.1, 0.15) is 21.5 Å². The lowest BCUT2D eigenvalue weighted by molar-refractivity contribution is -0.384. The van der Waals surface area contributed by atoms with Gasteiger partial charge in [0.2, 0.25) is 0 Å². The quantitative estimate of drug-likeness (QED) is 0.585. The van der Waals surface area contributed by atoms with Crippen molar-refractivity contribution in [1.82, 2.24) is 9.88 Å². The molecule has 0 unspecified atom stereocenters. The third-order valence-electron chi connectivity index (χ3n) is 3.97. The van der Waals surface area contributed by atoms with Crippen LogP contribution in [-0.4, -0.2) is 15.4 Å². The first kappa shape index (κ1) is 16.2. The second kappa shape index (κ2) is 6.45. The second-order valence-corrected chi connectivity index (χ2v) is 5.60. The van der Waals surface area contributed by atoms with Crippen LogP contribution in [0.15, 0.2) is 48.7 Å². The molecule has 0 spiro atoms. The number of carbonyl (C=O) groups excluding carboxylic acids is 1. The van der Waals surface area contributed by atoms with Crippen molar-refractivity contribution >= 4 is 22.5 Å². The zero-order valence-electron chi connectivity index (χ0n) is 13.4. The summed E-state index contributed by atoms with van der Waals surface area (Å²) in [5, 5.41) is 23.2. The molecule has 0 fully saturated rings. The number of aryl methyl sites for hydroxylation is 1. The number of carbonyl (C=O) groups is 1. The van der Waals surface area contributed by atoms with Gasteiger partial charge < -0.3 is 9.88 Å². The summed E-state index contributed by atoms with van der Waals surface area (Å²) in [5.74, 6) is -0.260. The number of nitro groups is 1. The maximum Gasteiger partial charge on any atom is 0.271 e. The highest BCUT2D eigenvalue weighted by atomic mass is 16.6. The molecule has 0 radical (unpaired) electrons. The number of hydrogen-bond donors (Lipinski definition) is 1. The molecule has 25 heavy (non-hydrogen) atoms. The van der Waals surface area contributed by atoms with Crippen LogP contribution in [0.2, 0.25) is 0 Å². The van der Waals surface area contributed by atoms with Crippen molar-refractivity contribution in [2.45, 2.75) is 6.54 Å². The maximum absolute atomic E-state index is 12.5. The van der Waals surface area contributed by atoms with Gasteiger partial charge in [0.05, 0.1) is 27.6 Å². The molecule has 1 N–H and O–H groups in total. The van der Waals surface area contributed by atoms with Crippen molar-refractivity contribution in [3.05, 3.63) is 75.5 Å². The Morgan fingerprint density at radius 3 is 2.64 bits per heavy atom. The van der Waals surface area contributed by atoms with Crippen LogP contribution in [0, 0.1) is 21.4 Å². The largest absolute Gasteiger partial charge is 0.350 e. The van der Waals surface area contributed by atoms with E-state index in [2.05, 4.69) is 5.32 Å². The summed E-state index contributed by atoms with van der Waals surface area (Å²) in [6.45, 7) is 0.327. The van der Waals surface area contributed by atoms with Gasteiger partial charge in [0.1, 0.15) is 0 Å². The molecular formula is C18H14N4O3. The van der Waals surface area contributed by atoms with E-state index in [0.717, 1.165) is 5.56 Å². The molecular weight excluding hydrogens is 320 g/mol. The molecule has 1 aromatic heterocycles. The highest BCUT2D eigenvalue weighted by molar-refractivity contribution is 6.07. The molecule has 124 valence electrons. The smallest absolute Gasteiger partial charge is 0.271 e. The number of aromatic nitrogens is 1. The molecule has 0 bridgehead atoms. The molecule has 3 rings (SSSR count). The van der Waals surface area contributed by atoms with Gasteiger partial charge in [0, 0.05) is 37.3 Å². The number of nitrogens with one attached hydrogen (secondary N) is 1. The molecule has 0 aliphatic rings. The molecule has 0 saturated heterocycles. The van der Waals surface area contributed by atoms with E-state index in [1.165, 1.54) is 12.1 Å². The van der Waals surface area contributed by atoms with Crippen LogP contribution in [0.5, 0.6) is 0 Å². The Morgan fingerprint density at radius 1 is 1.28 bits per heavy atom. The van der Waals surface area contributed by atoms with Gasteiger partial charge in [-0.1, -0.05) is 12.1 Å². The topological polar surface area (TPSA) is 101 Å². The monoisotopic (exact) mass is 334 g/mol. The number of benzene rings is 2. The first-order valence-electron chi connectivity index (χ1n) is 7.50. The van der Waals surface area contributed by atoms with Crippen molar-refractivity contribution in [1.29, 1.82) is 5.26 Å². The van der Waals surface area contributed by atoms with E-state index < -0.39 is 4.92 Å². The van der Waals surface area contributed by atoms with Crippen LogP contribution >= 0.6 is 0 Å². The summed E-state index contributed by atoms with van der Waals surface area (Å²) >= 11 is 0. The Bertz CT molecular complexity index is 1010. The number of hydrogen-bond acceptors (Lipinski definition) is 4. The Balaban J connectivity index is 1.82. The van der Waals surface area contributed by atoms with Crippen molar-refractivity contribution in [3.8, 4) is 6.07 Å². The van der Waals surface area contributed by atoms with Crippen LogP contribution in [0.25, 0.3) is 10.9 Å². The van der Waals surface area contributed by atoms with Gasteiger partial charge in [-0.3, -0.25) is 14.9 Å². The molecule has 0 atom stereocenters. The number of amides is 1. The van der Waals surface area contributed by atoms with E-state index in [0.29, 0.717) is 28.6 Å². The minimum Gasteiger partial charge on any atom is -0.350 e. The molecule has 0 aliphatic heterocycles. The zero-order chi connectivity index (χ0) is 18.0. The van der Waals surface area contributed by atoms with Gasteiger partial charge in [-0.15, -0.1) is 0 Å². The molecule has 7 nitrogen and oxygen atoms in total. The van der Waals surface area contributed by atoms with Gasteiger partial charge >= 0.3 is 0 Å². The number of rotatable bonds is 4. The van der Waals surface area contributed by atoms with Gasteiger partial charge in [-0.2, -0.15) is 5.26 Å². The Hall–Kier alpha value is -3.66. The van der Waals surface area contributed by atoms with Crippen molar-refractivity contribution in [3.63, 3.8) is 0 Å². The van der Waals surface area contributed by atoms with E-state index >= 15 is 0 Å². The lowest BCUT2D eigenvalue weighted by atomic mass is 10.1. The third-order valence-corrected chi connectivity index (χ3v) is 3.97. The zero-order valence-corrected chi connectivity index (χ0v) is 13.4. The predicted molar refractivity (Wildman–Crippen MR) is 91.9 cm³/mol. The first-order chi connectivity index (χ1) is 12.0. The molecule has 1 amide bonds. The average molecular weight is 334 g/mol. The third kappa shape index (κ3) is 3.19. The summed E-state index contributed by atoms with van der Waals surface area (Å²) in [5.41, 5.74) is 2.51. The fourth-order valence-corrected chi connectivity index (χ4v) is 2.64. The van der Waals surface area contributed by atoms with E-state index in [1.807, 2.05) is 6.07 Å². The highest BCUT2D eigenvalue weighted by Crippen LogP contribution is 2.25. The van der Waals surface area contributed by atoms with Gasteiger partial charge in [-0.05, 0) is 23.8 Å². The van der Waals surface area contributed by atoms with Crippen molar-refractivity contribution in [2.75, 3.05) is 0 Å². The maximum atomic E-state index is 12.5. The van der Waals surface area contributed by atoms with Crippen molar-refractivity contribution < 1.29 is 9.72 Å². The Kier molecular flexibility index (Phi) is 4.18. The van der Waals surface area contributed by atoms with Crippen LogP contribution in [0.4, 0.5) is 5.69 Å². The summed E-state index contributed by atoms with van der Waals surface area (Å²) < 4.78 is 1.69. The summed E-state index contributed by atoms with van der Waals surface area (Å²) in [7, 11) is 1.74. The minimum absolute atomic E-state index is 0.0155. The standard InChI is InChI=1S/C18H14N4O3/c1-21-11-16(15-7-6-14(22(24)25)8-17(15)21)18(23)20-10-13-4-2-12(9-19)3-5-13/h2-8,11H,10H2,1H3,(H,20,23). The second-order valence-electron chi connectivity index (χ2n) is 5.60. The lowest BCUT2D eigenvalue weighted by Crippen LogP contribution is -2.22. The number of nitrogens with zero attached hydrogens (tertiary/aromatic N) is 3. The van der Waals surface area contributed by atoms with Crippen LogP contribution in [-0.2, 0) is 13.6 Å². The number of fused-ring (bicyclic) bond motifs is 1. The molecule has 0 aliphatic carbocycles. The Morgan fingerprint density at radius 2 is 2.00 bits per heavy atom. The normalized spacial score (nSPS) is 10.4. The fourth-order valence-electron chi connectivity index (χ4n) is 2.64. The number of nitriles is 1. The molecule has 0 saturated carbocycles. The highest BCUT2D eigenvalue weighted by Gasteiger charge is 2.16. The van der Waals surface area contributed by atoms with Crippen LogP contribution < -0.4 is 5.32 Å². The van der Waals surface area contributed by atoms with E-state index in [-0.39, 0.29) is 11.6 Å². The van der Waals surface area contributed by atoms with Crippen molar-refractivity contribution in [2.24, 2.45) is 7.05 Å². The fraction of sp³-hybridized carbons (Fsp3) is 0.111. The van der Waals surface area contributed by atoms with E-state index in [4.69, 9.17) is 5.26 Å². The van der Waals surface area contributed by atoms with Gasteiger partial charge in [-0.25, -0.2) is 0 Å². The first-order valence-corrected chi connectivity index (χ1v) is 7.50. The van der Waals surface area contributed by atoms with Crippen LogP contribution in [0.3, 0.4) is 0 Å². The van der Waals surface area contributed by atoms with Gasteiger partial charge in [0.25, 0.3) is 11.6 Å². The predicted octanol–water partition coefficient (Wildman–Crippen LogP) is 2.89. The summed E-state index contributed by atoms with van der Waals surface area (Å²) in [4.78, 5) is 22.9. The van der Waals surface area contributed by atoms with E-state index in [1.54, 1.807) is 48.1 Å². The molecule has 3 aromatic rings. The lowest BCUT2D eigenvalue weighted by Gasteiger charge is -2.04. The molecule has 7 heteroatoms. The Labute approximate surface area is 143 Å². The van der Waals surface area contributed by atoms with E-state index in [9.17, 15) is 14.9 Å². The minimum atomic E-state index is -0.461. The van der Waals surface area contributed by atoms with Gasteiger partial charge in [0.15, 0.2) is 0 Å². The summed E-state index contributed by atoms with van der Waals surface area (Å²) in [6, 6.07) is 13.4.